The van der Waals surface area contributed by atoms with Crippen LogP contribution < -0.4 is 0 Å². The third-order valence-electron chi connectivity index (χ3n) is 1.96. The van der Waals surface area contributed by atoms with Crippen molar-refractivity contribution in [1.29, 1.82) is 0 Å². The Hall–Kier alpha value is 0.180. The van der Waals surface area contributed by atoms with Crippen molar-refractivity contribution in [3.63, 3.8) is 0 Å². The number of allylic oxidation sites excluding steroid dienone is 2. The molecule has 0 bridgehead atoms. The molecule has 0 aliphatic heterocycles. The molecule has 1 saturated carbocycles. The fraction of sp³-hybridized carbons (Fsp3) is 0.625. The highest BCUT2D eigenvalue weighted by molar-refractivity contribution is 6.38. The van der Waals surface area contributed by atoms with Crippen LogP contribution in [0.2, 0.25) is 0 Å². The first-order valence-corrected chi connectivity index (χ1v) is 4.29. The van der Waals surface area contributed by atoms with Gasteiger partial charge in [0.1, 0.15) is 0 Å². The van der Waals surface area contributed by atoms with E-state index in [9.17, 15) is 8.78 Å². The summed E-state index contributed by atoms with van der Waals surface area (Å²) < 4.78 is 24.6. The van der Waals surface area contributed by atoms with Crippen LogP contribution in [0.25, 0.3) is 0 Å². The summed E-state index contributed by atoms with van der Waals surface area (Å²) in [6, 6.07) is 0. The molecule has 1 rings (SSSR count). The molecule has 0 amide bonds. The van der Waals surface area contributed by atoms with Crippen molar-refractivity contribution >= 4 is 23.2 Å². The molecular formula is C8H9Cl2F2. The molecule has 1 radical (unpaired) electrons. The standard InChI is InChI=1S/C8H9Cl2F2/c1-7(2)4-5(7)3-6(9)8(10,11)12/h3-5H,1-2H3. The molecule has 0 nitrogen and oxygen atoms in total. The lowest BCUT2D eigenvalue weighted by atomic mass is 10.1. The van der Waals surface area contributed by atoms with E-state index >= 15 is 0 Å². The normalized spacial score (nSPS) is 28.8. The average Bonchev–Trinajstić information content (AvgIpc) is 2.36. The fourth-order valence-corrected chi connectivity index (χ4v) is 1.13. The molecule has 0 aromatic rings. The average molecular weight is 214 g/mol. The summed E-state index contributed by atoms with van der Waals surface area (Å²) in [5.41, 5.74) is -0.0116. The number of alkyl halides is 3. The van der Waals surface area contributed by atoms with Gasteiger partial charge in [-0.05, 0) is 29.4 Å². The van der Waals surface area contributed by atoms with Gasteiger partial charge in [0.15, 0.2) is 0 Å². The SMILES string of the molecule is CC1(C)[CH]C1C=C(Cl)C(F)(F)Cl. The smallest absolute Gasteiger partial charge is 0.182 e. The second-order valence-corrected chi connectivity index (χ2v) is 4.41. The molecular weight excluding hydrogens is 205 g/mol. The molecule has 0 N–H and O–H groups in total. The molecule has 0 saturated heterocycles. The summed E-state index contributed by atoms with van der Waals surface area (Å²) in [5, 5.41) is -4.01. The van der Waals surface area contributed by atoms with Crippen LogP contribution in [0.1, 0.15) is 13.8 Å². The number of rotatable bonds is 2. The molecule has 1 aliphatic carbocycles. The van der Waals surface area contributed by atoms with Crippen molar-refractivity contribution in [2.75, 3.05) is 0 Å². The van der Waals surface area contributed by atoms with Crippen LogP contribution in [-0.4, -0.2) is 5.38 Å². The Morgan fingerprint density at radius 3 is 2.25 bits per heavy atom. The van der Waals surface area contributed by atoms with Crippen molar-refractivity contribution < 1.29 is 8.78 Å². The number of hydrogen-bond donors (Lipinski definition) is 0. The van der Waals surface area contributed by atoms with Crippen molar-refractivity contribution in [3.05, 3.63) is 17.5 Å². The van der Waals surface area contributed by atoms with Crippen LogP contribution in [0, 0.1) is 17.8 Å². The Labute approximate surface area is 80.5 Å². The van der Waals surface area contributed by atoms with Crippen molar-refractivity contribution in [2.24, 2.45) is 11.3 Å². The highest BCUT2D eigenvalue weighted by atomic mass is 35.5. The van der Waals surface area contributed by atoms with E-state index in [0.29, 0.717) is 0 Å². The van der Waals surface area contributed by atoms with E-state index in [-0.39, 0.29) is 11.3 Å². The molecule has 0 heterocycles. The molecule has 0 aromatic heterocycles. The molecule has 0 aromatic carbocycles. The van der Waals surface area contributed by atoms with E-state index in [1.165, 1.54) is 6.08 Å². The molecule has 1 atom stereocenters. The van der Waals surface area contributed by atoms with E-state index in [1.807, 2.05) is 20.3 Å². The van der Waals surface area contributed by atoms with Gasteiger partial charge in [-0.2, -0.15) is 8.78 Å². The molecule has 1 aliphatic rings. The van der Waals surface area contributed by atoms with Crippen LogP contribution in [-0.2, 0) is 0 Å². The van der Waals surface area contributed by atoms with Gasteiger partial charge in [-0.15, -0.1) is 0 Å². The van der Waals surface area contributed by atoms with Crippen LogP contribution in [0.4, 0.5) is 8.78 Å². The highest BCUT2D eigenvalue weighted by Crippen LogP contribution is 2.52. The van der Waals surface area contributed by atoms with Gasteiger partial charge in [0.2, 0.25) is 0 Å². The first-order valence-electron chi connectivity index (χ1n) is 3.54. The van der Waals surface area contributed by atoms with Gasteiger partial charge in [0.25, 0.3) is 0 Å². The Kier molecular flexibility index (Phi) is 2.43. The number of hydrogen-bond acceptors (Lipinski definition) is 0. The Morgan fingerprint density at radius 1 is 1.58 bits per heavy atom. The minimum absolute atomic E-state index is 0.0116. The van der Waals surface area contributed by atoms with E-state index in [2.05, 4.69) is 0 Å². The van der Waals surface area contributed by atoms with Gasteiger partial charge in [0, 0.05) is 0 Å². The molecule has 1 unspecified atom stereocenters. The van der Waals surface area contributed by atoms with E-state index in [4.69, 9.17) is 23.2 Å². The summed E-state index contributed by atoms with van der Waals surface area (Å²) >= 11 is 9.98. The largest absolute Gasteiger partial charge is 0.358 e. The topological polar surface area (TPSA) is 0 Å². The van der Waals surface area contributed by atoms with Gasteiger partial charge in [-0.3, -0.25) is 0 Å². The maximum atomic E-state index is 12.3. The lowest BCUT2D eigenvalue weighted by Gasteiger charge is -2.05. The monoisotopic (exact) mass is 213 g/mol. The highest BCUT2D eigenvalue weighted by Gasteiger charge is 2.46. The van der Waals surface area contributed by atoms with Crippen LogP contribution in [0.5, 0.6) is 0 Å². The molecule has 12 heavy (non-hydrogen) atoms. The zero-order valence-electron chi connectivity index (χ0n) is 6.74. The van der Waals surface area contributed by atoms with Crippen LogP contribution in [0.3, 0.4) is 0 Å². The van der Waals surface area contributed by atoms with E-state index < -0.39 is 10.4 Å². The molecule has 1 fully saturated rings. The summed E-state index contributed by atoms with van der Waals surface area (Å²) in [7, 11) is 0. The van der Waals surface area contributed by atoms with E-state index in [1.54, 1.807) is 0 Å². The quantitative estimate of drug-likeness (QED) is 0.613. The number of halogens is 4. The lowest BCUT2D eigenvalue weighted by Crippen LogP contribution is -2.05. The minimum Gasteiger partial charge on any atom is -0.182 e. The maximum Gasteiger partial charge on any atom is 0.358 e. The second kappa shape index (κ2) is 2.85. The summed E-state index contributed by atoms with van der Waals surface area (Å²) in [4.78, 5) is 0. The zero-order valence-corrected chi connectivity index (χ0v) is 8.26. The third-order valence-corrected chi connectivity index (χ3v) is 2.62. The Balaban J connectivity index is 2.60. The van der Waals surface area contributed by atoms with Gasteiger partial charge < -0.3 is 0 Å². The minimum atomic E-state index is -3.42. The predicted molar refractivity (Wildman–Crippen MR) is 46.3 cm³/mol. The molecule has 69 valence electrons. The van der Waals surface area contributed by atoms with Gasteiger partial charge in [-0.25, -0.2) is 0 Å². The van der Waals surface area contributed by atoms with Crippen molar-refractivity contribution in [3.8, 4) is 0 Å². The van der Waals surface area contributed by atoms with Crippen LogP contribution in [0.15, 0.2) is 11.1 Å². The fourth-order valence-electron chi connectivity index (χ4n) is 0.930. The second-order valence-electron chi connectivity index (χ2n) is 3.53. The summed E-state index contributed by atoms with van der Waals surface area (Å²) in [6.07, 6.45) is 3.23. The third kappa shape index (κ3) is 2.33. The molecule has 0 spiro atoms. The Morgan fingerprint density at radius 2 is 2.00 bits per heavy atom. The van der Waals surface area contributed by atoms with Crippen molar-refractivity contribution in [2.45, 2.75) is 19.2 Å². The lowest BCUT2D eigenvalue weighted by molar-refractivity contribution is 0.147. The van der Waals surface area contributed by atoms with Gasteiger partial charge >= 0.3 is 5.38 Å². The van der Waals surface area contributed by atoms with E-state index in [0.717, 1.165) is 0 Å². The van der Waals surface area contributed by atoms with Crippen LogP contribution >= 0.6 is 23.2 Å². The molecule has 4 heteroatoms. The summed E-state index contributed by atoms with van der Waals surface area (Å²) in [6.45, 7) is 3.90. The van der Waals surface area contributed by atoms with Gasteiger partial charge in [0.05, 0.1) is 5.03 Å². The first-order chi connectivity index (χ1) is 5.23. The zero-order chi connectivity index (χ0) is 9.57. The van der Waals surface area contributed by atoms with Gasteiger partial charge in [-0.1, -0.05) is 31.5 Å². The first kappa shape index (κ1) is 10.3. The predicted octanol–water partition coefficient (Wildman–Crippen LogP) is 3.80. The Bertz CT molecular complexity index is 216. The summed E-state index contributed by atoms with van der Waals surface area (Å²) in [5.74, 6) is 0.0228. The maximum absolute atomic E-state index is 12.3. The van der Waals surface area contributed by atoms with Crippen molar-refractivity contribution in [1.82, 2.24) is 0 Å².